The molecule has 0 aromatic carbocycles. The Kier molecular flexibility index (Phi) is 6.01. The predicted molar refractivity (Wildman–Crippen MR) is 74.1 cm³/mol. The molecule has 1 aromatic heterocycles. The first-order valence-electron chi connectivity index (χ1n) is 6.23. The number of nitrogens with two attached hydrogens (primary N) is 1. The fourth-order valence-corrected chi connectivity index (χ4v) is 1.44. The van der Waals surface area contributed by atoms with E-state index in [9.17, 15) is 10.1 Å². The average Bonchev–Trinajstić information content (AvgIpc) is 2.33. The molecular formula is C12H20N4O3. The molecule has 0 bridgehead atoms. The first kappa shape index (κ1) is 15.2. The maximum atomic E-state index is 10.8. The quantitative estimate of drug-likeness (QED) is 0.425. The van der Waals surface area contributed by atoms with Crippen molar-refractivity contribution in [2.75, 3.05) is 30.8 Å². The van der Waals surface area contributed by atoms with E-state index in [0.29, 0.717) is 19.1 Å². The predicted octanol–water partition coefficient (Wildman–Crippen LogP) is 2.05. The second-order valence-electron chi connectivity index (χ2n) is 4.61. The average molecular weight is 268 g/mol. The summed E-state index contributed by atoms with van der Waals surface area (Å²) in [5, 5.41) is 13.7. The van der Waals surface area contributed by atoms with Gasteiger partial charge in [0.2, 0.25) is 5.82 Å². The lowest BCUT2D eigenvalue weighted by Gasteiger charge is -2.08. The summed E-state index contributed by atoms with van der Waals surface area (Å²) in [6, 6.07) is 2.76. The first-order chi connectivity index (χ1) is 9.00. The van der Waals surface area contributed by atoms with Gasteiger partial charge in [-0.2, -0.15) is 0 Å². The minimum Gasteiger partial charge on any atom is -0.384 e. The van der Waals surface area contributed by atoms with Crippen molar-refractivity contribution in [3.63, 3.8) is 0 Å². The van der Waals surface area contributed by atoms with Crippen molar-refractivity contribution >= 4 is 17.3 Å². The summed E-state index contributed by atoms with van der Waals surface area (Å²) in [6.07, 6.45) is 0.750. The van der Waals surface area contributed by atoms with Gasteiger partial charge in [-0.05, 0) is 18.4 Å². The molecule has 0 spiro atoms. The minimum absolute atomic E-state index is 0.0719. The van der Waals surface area contributed by atoms with Crippen molar-refractivity contribution in [1.82, 2.24) is 4.98 Å². The molecule has 0 radical (unpaired) electrons. The Hall–Kier alpha value is -1.89. The molecule has 0 aliphatic rings. The van der Waals surface area contributed by atoms with Crippen LogP contribution in [0.15, 0.2) is 12.1 Å². The van der Waals surface area contributed by atoms with Gasteiger partial charge in [0.25, 0.3) is 0 Å². The fourth-order valence-electron chi connectivity index (χ4n) is 1.44. The van der Waals surface area contributed by atoms with Crippen LogP contribution in [0.3, 0.4) is 0 Å². The van der Waals surface area contributed by atoms with Crippen LogP contribution in [0.25, 0.3) is 0 Å². The summed E-state index contributed by atoms with van der Waals surface area (Å²) in [4.78, 5) is 14.2. The van der Waals surface area contributed by atoms with E-state index in [1.165, 1.54) is 12.1 Å². The van der Waals surface area contributed by atoms with E-state index < -0.39 is 4.92 Å². The van der Waals surface area contributed by atoms with Crippen molar-refractivity contribution in [2.45, 2.75) is 20.3 Å². The Morgan fingerprint density at radius 3 is 2.89 bits per heavy atom. The molecule has 1 heterocycles. The molecule has 0 amide bonds. The summed E-state index contributed by atoms with van der Waals surface area (Å²) in [6.45, 7) is 6.05. The largest absolute Gasteiger partial charge is 0.384 e. The number of ether oxygens (including phenoxy) is 1. The van der Waals surface area contributed by atoms with Crippen LogP contribution in [0.4, 0.5) is 17.3 Å². The highest BCUT2D eigenvalue weighted by Crippen LogP contribution is 2.22. The monoisotopic (exact) mass is 268 g/mol. The third-order valence-electron chi connectivity index (χ3n) is 2.30. The smallest absolute Gasteiger partial charge is 0.311 e. The molecule has 0 aliphatic heterocycles. The van der Waals surface area contributed by atoms with Gasteiger partial charge in [0, 0.05) is 25.8 Å². The van der Waals surface area contributed by atoms with Gasteiger partial charge in [0.1, 0.15) is 5.82 Å². The SMILES string of the molecule is CC(C)COCCCNc1nc(N)ccc1[N+](=O)[O-]. The van der Waals surface area contributed by atoms with E-state index in [0.717, 1.165) is 13.0 Å². The minimum atomic E-state index is -0.482. The number of nitro groups is 1. The zero-order valence-corrected chi connectivity index (χ0v) is 11.3. The second-order valence-corrected chi connectivity index (χ2v) is 4.61. The lowest BCUT2D eigenvalue weighted by Crippen LogP contribution is -2.11. The third kappa shape index (κ3) is 5.52. The van der Waals surface area contributed by atoms with E-state index in [4.69, 9.17) is 10.5 Å². The molecular weight excluding hydrogens is 248 g/mol. The molecule has 106 valence electrons. The summed E-state index contributed by atoms with van der Waals surface area (Å²) < 4.78 is 5.42. The summed E-state index contributed by atoms with van der Waals surface area (Å²) in [5.74, 6) is 0.961. The molecule has 0 fully saturated rings. The molecule has 3 N–H and O–H groups in total. The summed E-state index contributed by atoms with van der Waals surface area (Å²) >= 11 is 0. The summed E-state index contributed by atoms with van der Waals surface area (Å²) in [7, 11) is 0. The Morgan fingerprint density at radius 2 is 2.26 bits per heavy atom. The number of hydrogen-bond acceptors (Lipinski definition) is 6. The highest BCUT2D eigenvalue weighted by atomic mass is 16.6. The van der Waals surface area contributed by atoms with Gasteiger partial charge in [-0.3, -0.25) is 10.1 Å². The number of nitrogen functional groups attached to an aromatic ring is 1. The molecule has 7 heteroatoms. The Bertz CT molecular complexity index is 423. The van der Waals surface area contributed by atoms with Gasteiger partial charge in [0.05, 0.1) is 4.92 Å². The van der Waals surface area contributed by atoms with E-state index in [1.54, 1.807) is 0 Å². The Balaban J connectivity index is 2.40. The van der Waals surface area contributed by atoms with Crippen LogP contribution in [0, 0.1) is 16.0 Å². The molecule has 0 saturated heterocycles. The van der Waals surface area contributed by atoms with Gasteiger partial charge < -0.3 is 15.8 Å². The third-order valence-corrected chi connectivity index (χ3v) is 2.30. The lowest BCUT2D eigenvalue weighted by atomic mass is 10.2. The molecule has 19 heavy (non-hydrogen) atoms. The van der Waals surface area contributed by atoms with Crippen LogP contribution < -0.4 is 11.1 Å². The normalized spacial score (nSPS) is 10.7. The van der Waals surface area contributed by atoms with Crippen LogP contribution in [-0.4, -0.2) is 29.7 Å². The van der Waals surface area contributed by atoms with Crippen molar-refractivity contribution in [1.29, 1.82) is 0 Å². The molecule has 7 nitrogen and oxygen atoms in total. The van der Waals surface area contributed by atoms with Crippen molar-refractivity contribution in [3.8, 4) is 0 Å². The van der Waals surface area contributed by atoms with Crippen LogP contribution in [-0.2, 0) is 4.74 Å². The molecule has 0 saturated carbocycles. The van der Waals surface area contributed by atoms with Crippen LogP contribution in [0.2, 0.25) is 0 Å². The maximum absolute atomic E-state index is 10.8. The van der Waals surface area contributed by atoms with Crippen LogP contribution in [0.5, 0.6) is 0 Å². The lowest BCUT2D eigenvalue weighted by molar-refractivity contribution is -0.384. The first-order valence-corrected chi connectivity index (χ1v) is 6.23. The number of nitrogens with zero attached hydrogens (tertiary/aromatic N) is 2. The van der Waals surface area contributed by atoms with Crippen molar-refractivity contribution < 1.29 is 9.66 Å². The molecule has 0 aliphatic carbocycles. The van der Waals surface area contributed by atoms with Gasteiger partial charge in [-0.15, -0.1) is 0 Å². The Labute approximate surface area is 112 Å². The molecule has 0 unspecified atom stereocenters. The zero-order chi connectivity index (χ0) is 14.3. The highest BCUT2D eigenvalue weighted by molar-refractivity contribution is 5.59. The van der Waals surface area contributed by atoms with Crippen molar-refractivity contribution in [2.24, 2.45) is 5.92 Å². The number of anilines is 2. The Morgan fingerprint density at radius 1 is 1.53 bits per heavy atom. The van der Waals surface area contributed by atoms with E-state index in [-0.39, 0.29) is 17.3 Å². The van der Waals surface area contributed by atoms with Gasteiger partial charge in [0.15, 0.2) is 0 Å². The standard InChI is InChI=1S/C12H20N4O3/c1-9(2)8-19-7-3-6-14-12-10(16(17)18)4-5-11(13)15-12/h4-5,9H,3,6-8H2,1-2H3,(H3,13,14,15). The zero-order valence-electron chi connectivity index (χ0n) is 11.3. The molecule has 0 atom stereocenters. The number of pyridine rings is 1. The second kappa shape index (κ2) is 7.52. The van der Waals surface area contributed by atoms with Crippen LogP contribution >= 0.6 is 0 Å². The van der Waals surface area contributed by atoms with Crippen LogP contribution in [0.1, 0.15) is 20.3 Å². The van der Waals surface area contributed by atoms with E-state index in [1.807, 2.05) is 0 Å². The van der Waals surface area contributed by atoms with E-state index in [2.05, 4.69) is 24.1 Å². The summed E-state index contributed by atoms with van der Waals surface area (Å²) in [5.41, 5.74) is 5.44. The number of nitrogens with one attached hydrogen (secondary N) is 1. The number of aromatic nitrogens is 1. The fraction of sp³-hybridized carbons (Fsp3) is 0.583. The van der Waals surface area contributed by atoms with Gasteiger partial charge in [-0.25, -0.2) is 4.98 Å². The highest BCUT2D eigenvalue weighted by Gasteiger charge is 2.14. The molecule has 1 aromatic rings. The topological polar surface area (TPSA) is 103 Å². The maximum Gasteiger partial charge on any atom is 0.311 e. The van der Waals surface area contributed by atoms with Gasteiger partial charge >= 0.3 is 5.69 Å². The van der Waals surface area contributed by atoms with E-state index >= 15 is 0 Å². The number of rotatable bonds is 8. The molecule has 1 rings (SSSR count). The number of hydrogen-bond donors (Lipinski definition) is 2. The van der Waals surface area contributed by atoms with Gasteiger partial charge in [-0.1, -0.05) is 13.8 Å². The van der Waals surface area contributed by atoms with Crippen molar-refractivity contribution in [3.05, 3.63) is 22.2 Å².